The van der Waals surface area contributed by atoms with Gasteiger partial charge in [0.25, 0.3) is 0 Å². The fraction of sp³-hybridized carbons (Fsp3) is 0. The van der Waals surface area contributed by atoms with Crippen molar-refractivity contribution in [3.63, 3.8) is 0 Å². The Hall–Kier alpha value is -19.1. The third-order valence-electron chi connectivity index (χ3n) is 29.5. The first-order chi connectivity index (χ1) is 71.5. The van der Waals surface area contributed by atoms with Crippen LogP contribution in [0.2, 0.25) is 0 Å². The van der Waals surface area contributed by atoms with Gasteiger partial charge >= 0.3 is 0 Å². The zero-order valence-electron chi connectivity index (χ0n) is 78.2. The number of nitrogens with zero attached hydrogens (tertiary/aromatic N) is 6. The Bertz CT molecular complexity index is 9210. The summed E-state index contributed by atoms with van der Waals surface area (Å²) in [5.41, 5.74) is 27.1. The van der Waals surface area contributed by atoms with Crippen molar-refractivity contribution in [2.75, 3.05) is 0 Å². The quantitative estimate of drug-likeness (QED) is 0.0709. The molecule has 26 aromatic carbocycles. The van der Waals surface area contributed by atoms with Gasteiger partial charge in [0.1, 0.15) is 0 Å². The van der Waals surface area contributed by atoms with Gasteiger partial charge in [0.15, 0.2) is 34.9 Å². The minimum Gasteiger partial charge on any atom is -0.208 e. The Kier molecular flexibility index (Phi) is 19.9. The van der Waals surface area contributed by atoms with Gasteiger partial charge in [-0.3, -0.25) is 0 Å². The third-order valence-corrected chi connectivity index (χ3v) is 29.5. The van der Waals surface area contributed by atoms with E-state index in [1.54, 1.807) is 0 Å². The molecule has 6 heteroatoms. The van der Waals surface area contributed by atoms with Crippen LogP contribution in [0.4, 0.5) is 0 Å². The summed E-state index contributed by atoms with van der Waals surface area (Å²) in [5.74, 6) is 3.47. The van der Waals surface area contributed by atoms with Crippen molar-refractivity contribution in [2.24, 2.45) is 0 Å². The van der Waals surface area contributed by atoms with E-state index >= 15 is 0 Å². The highest BCUT2D eigenvalue weighted by molar-refractivity contribution is 6.47. The number of aromatic nitrogens is 6. The maximum atomic E-state index is 5.41. The second-order valence-corrected chi connectivity index (χ2v) is 37.5. The Morgan fingerprint density at radius 1 is 0.0833 bits per heavy atom. The summed E-state index contributed by atoms with van der Waals surface area (Å²) >= 11 is 0. The van der Waals surface area contributed by atoms with E-state index in [4.69, 9.17) is 29.9 Å². The van der Waals surface area contributed by atoms with Crippen LogP contribution < -0.4 is 0 Å². The van der Waals surface area contributed by atoms with E-state index in [-0.39, 0.29) is 0 Å². The van der Waals surface area contributed by atoms with Gasteiger partial charge < -0.3 is 0 Å². The van der Waals surface area contributed by atoms with Gasteiger partial charge in [0.05, 0.1) is 0 Å². The first-order valence-corrected chi connectivity index (χ1v) is 49.3. The lowest BCUT2D eigenvalue weighted by Gasteiger charge is -2.29. The van der Waals surface area contributed by atoms with Crippen molar-refractivity contribution in [3.8, 4) is 180 Å². The molecular weight excluding hydrogens is 1740 g/mol. The Morgan fingerprint density at radius 2 is 0.229 bits per heavy atom. The largest absolute Gasteiger partial charge is 0.208 e. The Balaban J connectivity index is 0.796. The maximum Gasteiger partial charge on any atom is 0.164 e. The molecule has 0 atom stereocenters. The zero-order chi connectivity index (χ0) is 94.8. The molecule has 0 spiro atoms. The molecule has 0 bridgehead atoms. The van der Waals surface area contributed by atoms with E-state index in [0.29, 0.717) is 34.9 Å². The molecule has 0 radical (unpaired) electrons. The summed E-state index contributed by atoms with van der Waals surface area (Å²) in [5, 5.41) is 26.1. The molecule has 0 aliphatic rings. The predicted molar refractivity (Wildman–Crippen MR) is 604 cm³/mol. The third kappa shape index (κ3) is 13.9. The summed E-state index contributed by atoms with van der Waals surface area (Å²) in [6.07, 6.45) is 0. The molecule has 28 aromatic rings. The zero-order valence-corrected chi connectivity index (χ0v) is 78.2. The minimum atomic E-state index is 0.561. The highest BCUT2D eigenvalue weighted by Gasteiger charge is 2.34. The van der Waals surface area contributed by atoms with E-state index in [2.05, 4.69) is 437 Å². The van der Waals surface area contributed by atoms with E-state index < -0.39 is 0 Å². The molecule has 0 saturated heterocycles. The summed E-state index contributed by atoms with van der Waals surface area (Å²) in [7, 11) is 0. The van der Waals surface area contributed by atoms with E-state index in [1.807, 2.05) is 72.8 Å². The summed E-state index contributed by atoms with van der Waals surface area (Å²) in [4.78, 5) is 32.1. The summed E-state index contributed by atoms with van der Waals surface area (Å²) < 4.78 is 0. The van der Waals surface area contributed by atoms with Crippen molar-refractivity contribution < 1.29 is 0 Å². The number of fused-ring (bicyclic) bond motifs is 18. The van der Waals surface area contributed by atoms with Crippen LogP contribution in [0.5, 0.6) is 0 Å². The first-order valence-electron chi connectivity index (χ1n) is 49.3. The van der Waals surface area contributed by atoms with Gasteiger partial charge in [-0.05, 0) is 242 Å². The molecule has 144 heavy (non-hydrogen) atoms. The molecule has 666 valence electrons. The minimum absolute atomic E-state index is 0.561. The van der Waals surface area contributed by atoms with Gasteiger partial charge in [0.2, 0.25) is 0 Å². The number of rotatable bonds is 16. The molecule has 28 rings (SSSR count). The Morgan fingerprint density at radius 3 is 0.458 bits per heavy atom. The van der Waals surface area contributed by atoms with Gasteiger partial charge in [-0.2, -0.15) is 0 Å². The maximum absolute atomic E-state index is 5.41. The average Bonchev–Trinajstić information content (AvgIpc) is 0.669. The monoisotopic (exact) mass is 1820 g/mol. The first kappa shape index (κ1) is 83.1. The van der Waals surface area contributed by atoms with Crippen LogP contribution in [0.15, 0.2) is 510 Å². The average molecular weight is 1830 g/mol. The van der Waals surface area contributed by atoms with Gasteiger partial charge in [-0.1, -0.05) is 497 Å². The van der Waals surface area contributed by atoms with Crippen molar-refractivity contribution in [2.45, 2.75) is 0 Å². The lowest BCUT2D eigenvalue weighted by molar-refractivity contribution is 1.07. The standard InChI is InChI=1S/C138H84N6/c1-9-35-87(36-10-1)119-120(88-37-11-2-12-38-88)124(90-41-15-4-16-42-90)130-114-60-34-62-116-128(114)127-113(129(130)123(119)89-39-13-3-14-40-89)59-33-61-115(127)131-125(93-71-75-99(76-72-93)137-141-133(95-43-17-5-18-44-95)139-134(142-137)96-45-19-6-20-46-96)121(91-67-63-85(64-68-91)101-79-81-111-107-55-27-25-51-103(107)105-53-29-31-57-109(105)117(111)83-101)122(92-69-65-86(66-70-92)102-80-82-112-108-56-28-26-52-104(108)106-54-30-32-58-110(106)118(112)84-102)126(132(116)131)94-73-77-100(78-74-94)138-143-135(97-47-21-7-22-48-97)140-136(144-138)98-49-23-8-24-50-98/h1-84H. The van der Waals surface area contributed by atoms with Crippen LogP contribution in [0.3, 0.4) is 0 Å². The smallest absolute Gasteiger partial charge is 0.164 e. The van der Waals surface area contributed by atoms with Gasteiger partial charge in [-0.15, -0.1) is 0 Å². The fourth-order valence-electron chi connectivity index (χ4n) is 23.1. The second kappa shape index (κ2) is 34.5. The lowest BCUT2D eigenvalue weighted by Crippen LogP contribution is -2.02. The van der Waals surface area contributed by atoms with Crippen LogP contribution in [0.1, 0.15) is 0 Å². The number of hydrogen-bond acceptors (Lipinski definition) is 6. The predicted octanol–water partition coefficient (Wildman–Crippen LogP) is 36.9. The van der Waals surface area contributed by atoms with Crippen LogP contribution in [0, 0.1) is 0 Å². The molecular formula is C138H84N6. The lowest BCUT2D eigenvalue weighted by atomic mass is 9.73. The number of hydrogen-bond donors (Lipinski definition) is 0. The summed E-state index contributed by atoms with van der Waals surface area (Å²) in [6.45, 7) is 0. The van der Waals surface area contributed by atoms with Crippen LogP contribution >= 0.6 is 0 Å². The summed E-state index contributed by atoms with van der Waals surface area (Å²) in [6, 6.07) is 187. The second-order valence-electron chi connectivity index (χ2n) is 37.5. The topological polar surface area (TPSA) is 77.3 Å². The van der Waals surface area contributed by atoms with Crippen molar-refractivity contribution in [3.05, 3.63) is 510 Å². The van der Waals surface area contributed by atoms with Crippen molar-refractivity contribution in [1.29, 1.82) is 0 Å². The molecule has 0 amide bonds. The van der Waals surface area contributed by atoms with E-state index in [9.17, 15) is 0 Å². The SMILES string of the molecule is c1ccc(-c2nc(-c3ccccc3)nc(-c3ccc(-c4c(-c5ccc(-c6ccc7c8ccccc8c8ccccc8c7c6)cc5)c(-c5ccc(-c6ccc7c8ccccc8c8ccccc8c7c6)cc5)c(-c5ccc(-c6nc(-c7ccccc7)nc(-c7ccccc7)n6)cc5)c5c6cccc7c8c(-c9ccccc9)c(-c9ccccc9)c(-c9ccccc9)c(-c9ccccc9)c8c8cccc(c45)c8c76)cc3)n2)cc1. The van der Waals surface area contributed by atoms with Crippen molar-refractivity contribution >= 4 is 118 Å². The Labute approximate surface area is 831 Å². The molecule has 0 aliphatic carbocycles. The molecule has 0 N–H and O–H groups in total. The van der Waals surface area contributed by atoms with E-state index in [0.717, 1.165) is 177 Å². The van der Waals surface area contributed by atoms with Gasteiger partial charge in [0, 0.05) is 33.4 Å². The highest BCUT2D eigenvalue weighted by atomic mass is 15.0. The number of benzene rings is 26. The normalized spacial score (nSPS) is 11.8. The highest BCUT2D eigenvalue weighted by Crippen LogP contribution is 2.61. The molecule has 0 aliphatic heterocycles. The van der Waals surface area contributed by atoms with Crippen LogP contribution in [-0.2, 0) is 0 Å². The molecule has 0 fully saturated rings. The van der Waals surface area contributed by atoms with Crippen LogP contribution in [-0.4, -0.2) is 29.9 Å². The van der Waals surface area contributed by atoms with E-state index in [1.165, 1.54) is 86.2 Å². The van der Waals surface area contributed by atoms with Gasteiger partial charge in [-0.25, -0.2) is 29.9 Å². The molecule has 6 nitrogen and oxygen atoms in total. The molecule has 0 saturated carbocycles. The van der Waals surface area contributed by atoms with Crippen LogP contribution in [0.25, 0.3) is 298 Å². The molecule has 2 aromatic heterocycles. The molecule has 2 heterocycles. The molecule has 0 unspecified atom stereocenters. The fourth-order valence-corrected chi connectivity index (χ4v) is 23.1. The van der Waals surface area contributed by atoms with Crippen molar-refractivity contribution in [1.82, 2.24) is 29.9 Å².